The van der Waals surface area contributed by atoms with E-state index < -0.39 is 23.1 Å². The molecule has 7 heteroatoms. The fourth-order valence-corrected chi connectivity index (χ4v) is 1.59. The van der Waals surface area contributed by atoms with E-state index in [1.807, 2.05) is 0 Å². The molecule has 0 saturated heterocycles. The predicted octanol–water partition coefficient (Wildman–Crippen LogP) is 1.46. The molecular formula is C13H9FN2O4. The van der Waals surface area contributed by atoms with Crippen LogP contribution < -0.4 is 10.7 Å². The average molecular weight is 276 g/mol. The number of amides is 1. The van der Waals surface area contributed by atoms with Crippen LogP contribution in [0.15, 0.2) is 41.5 Å². The van der Waals surface area contributed by atoms with Crippen LogP contribution in [-0.2, 0) is 0 Å². The minimum Gasteiger partial charge on any atom is -0.478 e. The molecule has 0 unspecified atom stereocenters. The summed E-state index contributed by atoms with van der Waals surface area (Å²) in [6, 6.07) is 4.02. The fourth-order valence-electron chi connectivity index (χ4n) is 1.59. The molecule has 1 amide bonds. The van der Waals surface area contributed by atoms with Crippen molar-refractivity contribution in [2.24, 2.45) is 0 Å². The van der Waals surface area contributed by atoms with Gasteiger partial charge in [0.2, 0.25) is 0 Å². The van der Waals surface area contributed by atoms with Crippen LogP contribution in [0.2, 0.25) is 0 Å². The molecule has 1 aromatic carbocycles. The number of aromatic nitrogens is 1. The SMILES string of the molecule is O=C(O)c1ccc(F)cc1NC(=O)c1c[nH]ccc1=O. The van der Waals surface area contributed by atoms with Crippen LogP contribution in [0, 0.1) is 5.82 Å². The fraction of sp³-hybridized carbons (Fsp3) is 0. The van der Waals surface area contributed by atoms with E-state index in [9.17, 15) is 18.8 Å². The Balaban J connectivity index is 2.38. The van der Waals surface area contributed by atoms with Crippen LogP contribution >= 0.6 is 0 Å². The summed E-state index contributed by atoms with van der Waals surface area (Å²) in [7, 11) is 0. The summed E-state index contributed by atoms with van der Waals surface area (Å²) in [6.07, 6.45) is 2.53. The number of pyridine rings is 1. The van der Waals surface area contributed by atoms with Gasteiger partial charge in [0.25, 0.3) is 5.91 Å². The van der Waals surface area contributed by atoms with E-state index in [1.165, 1.54) is 12.4 Å². The van der Waals surface area contributed by atoms with Crippen molar-refractivity contribution in [1.29, 1.82) is 0 Å². The molecule has 0 bridgehead atoms. The lowest BCUT2D eigenvalue weighted by molar-refractivity contribution is 0.0698. The summed E-state index contributed by atoms with van der Waals surface area (Å²) in [5.41, 5.74) is -1.22. The third kappa shape index (κ3) is 2.72. The van der Waals surface area contributed by atoms with Crippen LogP contribution in [0.5, 0.6) is 0 Å². The maximum atomic E-state index is 13.1. The largest absolute Gasteiger partial charge is 0.478 e. The normalized spacial score (nSPS) is 10.1. The van der Waals surface area contributed by atoms with Crippen molar-refractivity contribution in [3.8, 4) is 0 Å². The minimum absolute atomic E-state index is 0.201. The Bertz CT molecular complexity index is 739. The van der Waals surface area contributed by atoms with Gasteiger partial charge < -0.3 is 15.4 Å². The highest BCUT2D eigenvalue weighted by atomic mass is 19.1. The van der Waals surface area contributed by atoms with Gasteiger partial charge in [-0.15, -0.1) is 0 Å². The first-order chi connectivity index (χ1) is 9.49. The topological polar surface area (TPSA) is 99.3 Å². The van der Waals surface area contributed by atoms with E-state index in [4.69, 9.17) is 5.11 Å². The summed E-state index contributed by atoms with van der Waals surface area (Å²) < 4.78 is 13.1. The van der Waals surface area contributed by atoms with Crippen molar-refractivity contribution in [3.63, 3.8) is 0 Å². The summed E-state index contributed by atoms with van der Waals surface area (Å²) >= 11 is 0. The number of halogens is 1. The number of carboxylic acids is 1. The zero-order valence-corrected chi connectivity index (χ0v) is 10.0. The molecule has 2 rings (SSSR count). The van der Waals surface area contributed by atoms with Crippen molar-refractivity contribution in [2.45, 2.75) is 0 Å². The number of rotatable bonds is 3. The number of nitrogens with one attached hydrogen (secondary N) is 2. The Kier molecular flexibility index (Phi) is 3.60. The molecule has 0 aliphatic heterocycles. The molecule has 0 fully saturated rings. The number of aromatic carboxylic acids is 1. The van der Waals surface area contributed by atoms with E-state index in [-0.39, 0.29) is 16.8 Å². The highest BCUT2D eigenvalue weighted by Crippen LogP contribution is 2.17. The molecule has 2 aromatic rings. The van der Waals surface area contributed by atoms with Crippen molar-refractivity contribution in [1.82, 2.24) is 4.98 Å². The molecule has 1 aromatic heterocycles. The van der Waals surface area contributed by atoms with Crippen molar-refractivity contribution < 1.29 is 19.1 Å². The molecule has 0 saturated carbocycles. The number of benzene rings is 1. The molecule has 6 nitrogen and oxygen atoms in total. The van der Waals surface area contributed by atoms with Gasteiger partial charge in [-0.25, -0.2) is 9.18 Å². The number of aromatic amines is 1. The predicted molar refractivity (Wildman–Crippen MR) is 68.4 cm³/mol. The third-order valence-corrected chi connectivity index (χ3v) is 2.53. The van der Waals surface area contributed by atoms with Gasteiger partial charge in [-0.2, -0.15) is 0 Å². The second-order valence-corrected chi connectivity index (χ2v) is 3.87. The van der Waals surface area contributed by atoms with Gasteiger partial charge >= 0.3 is 5.97 Å². The Morgan fingerprint density at radius 1 is 1.20 bits per heavy atom. The smallest absolute Gasteiger partial charge is 0.337 e. The van der Waals surface area contributed by atoms with Gasteiger partial charge in [-0.3, -0.25) is 9.59 Å². The quantitative estimate of drug-likeness (QED) is 0.790. The molecule has 1 heterocycles. The first-order valence-electron chi connectivity index (χ1n) is 5.50. The highest BCUT2D eigenvalue weighted by Gasteiger charge is 2.16. The van der Waals surface area contributed by atoms with Crippen LogP contribution in [-0.4, -0.2) is 22.0 Å². The average Bonchev–Trinajstić information content (AvgIpc) is 2.38. The van der Waals surface area contributed by atoms with Gasteiger partial charge in [0, 0.05) is 18.5 Å². The first-order valence-corrected chi connectivity index (χ1v) is 5.50. The Hall–Kier alpha value is -2.96. The molecule has 0 radical (unpaired) electrons. The van der Waals surface area contributed by atoms with Gasteiger partial charge in [0.15, 0.2) is 5.43 Å². The summed E-state index contributed by atoms with van der Waals surface area (Å²) in [6.45, 7) is 0. The molecule has 0 spiro atoms. The molecule has 3 N–H and O–H groups in total. The van der Waals surface area contributed by atoms with Gasteiger partial charge in [0.1, 0.15) is 11.4 Å². The van der Waals surface area contributed by atoms with E-state index in [0.717, 1.165) is 24.3 Å². The van der Waals surface area contributed by atoms with Gasteiger partial charge in [0.05, 0.1) is 11.3 Å². The number of hydrogen-bond acceptors (Lipinski definition) is 3. The van der Waals surface area contributed by atoms with Crippen LogP contribution in [0.1, 0.15) is 20.7 Å². The van der Waals surface area contributed by atoms with Gasteiger partial charge in [-0.05, 0) is 18.2 Å². The van der Waals surface area contributed by atoms with Gasteiger partial charge in [-0.1, -0.05) is 0 Å². The Morgan fingerprint density at radius 3 is 2.60 bits per heavy atom. The zero-order valence-electron chi connectivity index (χ0n) is 10.0. The lowest BCUT2D eigenvalue weighted by Gasteiger charge is -2.08. The Labute approximate surface area is 111 Å². The molecular weight excluding hydrogens is 267 g/mol. The highest BCUT2D eigenvalue weighted by molar-refractivity contribution is 6.07. The number of carbonyl (C=O) groups is 2. The molecule has 0 aliphatic carbocycles. The zero-order chi connectivity index (χ0) is 14.7. The second kappa shape index (κ2) is 5.35. The Morgan fingerprint density at radius 2 is 1.95 bits per heavy atom. The van der Waals surface area contributed by atoms with E-state index in [2.05, 4.69) is 10.3 Å². The van der Waals surface area contributed by atoms with E-state index >= 15 is 0 Å². The molecule has 0 aliphatic rings. The molecule has 102 valence electrons. The summed E-state index contributed by atoms with van der Waals surface area (Å²) in [5.74, 6) is -2.84. The summed E-state index contributed by atoms with van der Waals surface area (Å²) in [5, 5.41) is 11.2. The van der Waals surface area contributed by atoms with Crippen molar-refractivity contribution >= 4 is 17.6 Å². The van der Waals surface area contributed by atoms with Crippen LogP contribution in [0.4, 0.5) is 10.1 Å². The van der Waals surface area contributed by atoms with E-state index in [1.54, 1.807) is 0 Å². The van der Waals surface area contributed by atoms with E-state index in [0.29, 0.717) is 0 Å². The number of hydrogen-bond donors (Lipinski definition) is 3. The minimum atomic E-state index is -1.32. The standard InChI is InChI=1S/C13H9FN2O4/c14-7-1-2-8(13(19)20)10(5-7)16-12(18)9-6-15-4-3-11(9)17/h1-6H,(H,15,17)(H,16,18)(H,19,20). The maximum Gasteiger partial charge on any atom is 0.337 e. The monoisotopic (exact) mass is 276 g/mol. The first kappa shape index (κ1) is 13.5. The number of carbonyl (C=O) groups excluding carboxylic acids is 1. The molecule has 20 heavy (non-hydrogen) atoms. The lowest BCUT2D eigenvalue weighted by atomic mass is 10.1. The summed E-state index contributed by atoms with van der Waals surface area (Å²) in [4.78, 5) is 36.9. The van der Waals surface area contributed by atoms with Crippen molar-refractivity contribution in [3.05, 3.63) is 63.8 Å². The third-order valence-electron chi connectivity index (χ3n) is 2.53. The maximum absolute atomic E-state index is 13.1. The second-order valence-electron chi connectivity index (χ2n) is 3.87. The van der Waals surface area contributed by atoms with Crippen LogP contribution in [0.25, 0.3) is 0 Å². The number of anilines is 1. The number of H-pyrrole nitrogens is 1. The van der Waals surface area contributed by atoms with Crippen molar-refractivity contribution in [2.75, 3.05) is 5.32 Å². The number of carboxylic acid groups (broad SMARTS) is 1. The molecule has 0 atom stereocenters. The van der Waals surface area contributed by atoms with Crippen LogP contribution in [0.3, 0.4) is 0 Å². The lowest BCUT2D eigenvalue weighted by Crippen LogP contribution is -2.22.